The molecule has 1 aromatic carbocycles. The lowest BCUT2D eigenvalue weighted by Gasteiger charge is -2.24. The van der Waals surface area contributed by atoms with Gasteiger partial charge in [-0.1, -0.05) is 13.3 Å². The number of hydrogen-bond acceptors (Lipinski definition) is 3. The van der Waals surface area contributed by atoms with Gasteiger partial charge in [0.2, 0.25) is 5.91 Å². The lowest BCUT2D eigenvalue weighted by molar-refractivity contribution is -0.116. The fourth-order valence-electron chi connectivity index (χ4n) is 2.92. The topological polar surface area (TPSA) is 49.4 Å². The number of aryl methyl sites for hydroxylation is 1. The van der Waals surface area contributed by atoms with E-state index in [0.29, 0.717) is 11.8 Å². The molecule has 0 spiro atoms. The average molecular weight is 304 g/mol. The normalized spacial score (nSPS) is 21.1. The second-order valence-corrected chi connectivity index (χ2v) is 6.82. The molecule has 5 heteroatoms. The van der Waals surface area contributed by atoms with Gasteiger partial charge in [-0.15, -0.1) is 11.8 Å². The van der Waals surface area contributed by atoms with Crippen LogP contribution in [0.1, 0.15) is 42.1 Å². The predicted molar refractivity (Wildman–Crippen MR) is 85.6 cm³/mol. The molecule has 1 saturated heterocycles. The average Bonchev–Trinajstić information content (AvgIpc) is 2.94. The number of nitrogens with one attached hydrogen (secondary N) is 1. The minimum atomic E-state index is 0.0560. The molecule has 1 atom stereocenters. The Morgan fingerprint density at radius 2 is 2.29 bits per heavy atom. The fraction of sp³-hybridized carbons (Fsp3) is 0.500. The van der Waals surface area contributed by atoms with Crippen molar-refractivity contribution >= 4 is 29.3 Å². The zero-order chi connectivity index (χ0) is 14.8. The van der Waals surface area contributed by atoms with E-state index in [-0.39, 0.29) is 11.8 Å². The van der Waals surface area contributed by atoms with Gasteiger partial charge in [-0.05, 0) is 36.6 Å². The van der Waals surface area contributed by atoms with Crippen LogP contribution in [0, 0.1) is 0 Å². The third-order valence-corrected chi connectivity index (χ3v) is 5.33. The number of fused-ring (bicyclic) bond motifs is 1. The monoisotopic (exact) mass is 304 g/mol. The minimum Gasteiger partial charge on any atom is -0.326 e. The van der Waals surface area contributed by atoms with Gasteiger partial charge in [0.1, 0.15) is 0 Å². The highest BCUT2D eigenvalue weighted by molar-refractivity contribution is 8.00. The number of hydrogen-bond donors (Lipinski definition) is 1. The maximum Gasteiger partial charge on any atom is 0.254 e. The number of anilines is 1. The second kappa shape index (κ2) is 6.10. The molecule has 0 unspecified atom stereocenters. The first-order valence-electron chi connectivity index (χ1n) is 7.54. The second-order valence-electron chi connectivity index (χ2n) is 5.53. The Balaban J connectivity index is 1.80. The van der Waals surface area contributed by atoms with Crippen LogP contribution in [0.3, 0.4) is 0 Å². The van der Waals surface area contributed by atoms with E-state index in [0.717, 1.165) is 48.4 Å². The Bertz CT molecular complexity index is 573. The SMILES string of the molecule is CCC[C@@H]1SCCN1C(=O)c1ccc2c(c1)CCC(=O)N2. The molecule has 0 saturated carbocycles. The minimum absolute atomic E-state index is 0.0560. The van der Waals surface area contributed by atoms with E-state index in [9.17, 15) is 9.59 Å². The van der Waals surface area contributed by atoms with Gasteiger partial charge in [0.25, 0.3) is 5.91 Å². The van der Waals surface area contributed by atoms with Crippen LogP contribution in [-0.2, 0) is 11.2 Å². The first-order chi connectivity index (χ1) is 10.2. The maximum atomic E-state index is 12.7. The van der Waals surface area contributed by atoms with Crippen molar-refractivity contribution in [3.8, 4) is 0 Å². The molecule has 0 aliphatic carbocycles. The number of carbonyl (C=O) groups is 2. The smallest absolute Gasteiger partial charge is 0.254 e. The van der Waals surface area contributed by atoms with Gasteiger partial charge in [0.15, 0.2) is 0 Å². The summed E-state index contributed by atoms with van der Waals surface area (Å²) in [5.74, 6) is 1.20. The number of rotatable bonds is 3. The molecule has 2 aliphatic heterocycles. The van der Waals surface area contributed by atoms with Crippen LogP contribution in [0.5, 0.6) is 0 Å². The summed E-state index contributed by atoms with van der Waals surface area (Å²) in [6.45, 7) is 2.99. The van der Waals surface area contributed by atoms with Crippen LogP contribution in [0.4, 0.5) is 5.69 Å². The molecule has 1 N–H and O–H groups in total. The van der Waals surface area contributed by atoms with Gasteiger partial charge in [-0.25, -0.2) is 0 Å². The molecule has 3 rings (SSSR count). The quantitative estimate of drug-likeness (QED) is 0.934. The van der Waals surface area contributed by atoms with Crippen molar-refractivity contribution in [2.24, 2.45) is 0 Å². The number of nitrogens with zero attached hydrogens (tertiary/aromatic N) is 1. The van der Waals surface area contributed by atoms with Crippen molar-refractivity contribution < 1.29 is 9.59 Å². The van der Waals surface area contributed by atoms with E-state index in [1.807, 2.05) is 34.9 Å². The summed E-state index contributed by atoms with van der Waals surface area (Å²) < 4.78 is 0. The molecule has 0 radical (unpaired) electrons. The summed E-state index contributed by atoms with van der Waals surface area (Å²) in [6.07, 6.45) is 3.37. The highest BCUT2D eigenvalue weighted by Gasteiger charge is 2.29. The summed E-state index contributed by atoms with van der Waals surface area (Å²) >= 11 is 1.88. The van der Waals surface area contributed by atoms with Crippen LogP contribution in [0.2, 0.25) is 0 Å². The third kappa shape index (κ3) is 2.93. The molecule has 0 aromatic heterocycles. The molecule has 1 fully saturated rings. The molecule has 0 bridgehead atoms. The molecule has 1 aromatic rings. The first kappa shape index (κ1) is 14.4. The molecular formula is C16H20N2O2S. The van der Waals surface area contributed by atoms with Gasteiger partial charge in [0.05, 0.1) is 5.37 Å². The summed E-state index contributed by atoms with van der Waals surface area (Å²) in [4.78, 5) is 26.1. The van der Waals surface area contributed by atoms with Crippen LogP contribution >= 0.6 is 11.8 Å². The molecule has 2 heterocycles. The largest absolute Gasteiger partial charge is 0.326 e. The van der Waals surface area contributed by atoms with Crippen molar-refractivity contribution in [2.45, 2.75) is 38.0 Å². The van der Waals surface area contributed by atoms with E-state index in [1.54, 1.807) is 0 Å². The number of amides is 2. The number of thioether (sulfide) groups is 1. The van der Waals surface area contributed by atoms with E-state index < -0.39 is 0 Å². The van der Waals surface area contributed by atoms with Crippen LogP contribution in [0.15, 0.2) is 18.2 Å². The molecular weight excluding hydrogens is 284 g/mol. The summed E-state index contributed by atoms with van der Waals surface area (Å²) in [7, 11) is 0. The number of benzene rings is 1. The van der Waals surface area contributed by atoms with Crippen LogP contribution < -0.4 is 5.32 Å². The van der Waals surface area contributed by atoms with Gasteiger partial charge in [-0.2, -0.15) is 0 Å². The van der Waals surface area contributed by atoms with E-state index in [4.69, 9.17) is 0 Å². The Morgan fingerprint density at radius 3 is 3.10 bits per heavy atom. The highest BCUT2D eigenvalue weighted by Crippen LogP contribution is 2.30. The Kier molecular flexibility index (Phi) is 4.19. The molecule has 4 nitrogen and oxygen atoms in total. The molecule has 2 amide bonds. The zero-order valence-electron chi connectivity index (χ0n) is 12.2. The molecule has 2 aliphatic rings. The fourth-order valence-corrected chi connectivity index (χ4v) is 4.28. The van der Waals surface area contributed by atoms with Gasteiger partial charge < -0.3 is 10.2 Å². The van der Waals surface area contributed by atoms with Crippen molar-refractivity contribution in [1.82, 2.24) is 4.90 Å². The van der Waals surface area contributed by atoms with E-state index in [1.165, 1.54) is 0 Å². The Morgan fingerprint density at radius 1 is 1.43 bits per heavy atom. The predicted octanol–water partition coefficient (Wildman–Crippen LogP) is 2.89. The maximum absolute atomic E-state index is 12.7. The van der Waals surface area contributed by atoms with Gasteiger partial charge >= 0.3 is 0 Å². The molecule has 112 valence electrons. The van der Waals surface area contributed by atoms with Crippen LogP contribution in [-0.4, -0.2) is 34.4 Å². The van der Waals surface area contributed by atoms with Crippen molar-refractivity contribution in [3.63, 3.8) is 0 Å². The molecule has 21 heavy (non-hydrogen) atoms. The third-order valence-electron chi connectivity index (χ3n) is 4.03. The number of carbonyl (C=O) groups excluding carboxylic acids is 2. The highest BCUT2D eigenvalue weighted by atomic mass is 32.2. The van der Waals surface area contributed by atoms with Gasteiger partial charge in [0, 0.05) is 30.0 Å². The standard InChI is InChI=1S/C16H20N2O2S/c1-2-3-15-18(8-9-21-15)16(20)12-4-6-13-11(10-12)5-7-14(19)17-13/h4,6,10,15H,2-3,5,7-9H2,1H3,(H,17,19)/t15-/m0/s1. The lowest BCUT2D eigenvalue weighted by atomic mass is 10.00. The summed E-state index contributed by atoms with van der Waals surface area (Å²) in [5.41, 5.74) is 2.66. The van der Waals surface area contributed by atoms with Crippen molar-refractivity contribution in [3.05, 3.63) is 29.3 Å². The van der Waals surface area contributed by atoms with E-state index >= 15 is 0 Å². The van der Waals surface area contributed by atoms with E-state index in [2.05, 4.69) is 12.2 Å². The lowest BCUT2D eigenvalue weighted by Crippen LogP contribution is -2.34. The van der Waals surface area contributed by atoms with Gasteiger partial charge in [-0.3, -0.25) is 9.59 Å². The summed E-state index contributed by atoms with van der Waals surface area (Å²) in [5, 5.41) is 3.17. The Hall–Kier alpha value is -1.49. The van der Waals surface area contributed by atoms with Crippen molar-refractivity contribution in [1.29, 1.82) is 0 Å². The Labute approximate surface area is 129 Å². The van der Waals surface area contributed by atoms with Crippen LogP contribution in [0.25, 0.3) is 0 Å². The first-order valence-corrected chi connectivity index (χ1v) is 8.59. The summed E-state index contributed by atoms with van der Waals surface area (Å²) in [6, 6.07) is 5.64. The van der Waals surface area contributed by atoms with Crippen molar-refractivity contribution in [2.75, 3.05) is 17.6 Å². The zero-order valence-corrected chi connectivity index (χ0v) is 13.0.